The highest BCUT2D eigenvalue weighted by Gasteiger charge is 2.27. The lowest BCUT2D eigenvalue weighted by Crippen LogP contribution is -2.45. The Morgan fingerprint density at radius 1 is 0.392 bits per heavy atom. The minimum absolute atomic E-state index is 0.0426. The number of unbranched alkanes of at least 4 members (excludes halogenated alkanes) is 28. The van der Waals surface area contributed by atoms with Crippen LogP contribution in [0.5, 0.6) is 0 Å². The van der Waals surface area contributed by atoms with Gasteiger partial charge in [0.1, 0.15) is 12.2 Å². The fourth-order valence-electron chi connectivity index (χ4n) is 10.9. The van der Waals surface area contributed by atoms with Gasteiger partial charge in [0.2, 0.25) is 0 Å². The van der Waals surface area contributed by atoms with Crippen LogP contribution in [0.4, 0.5) is 0 Å². The van der Waals surface area contributed by atoms with Crippen LogP contribution in [0.25, 0.3) is 0 Å². The molecule has 0 saturated carbocycles. The van der Waals surface area contributed by atoms with E-state index in [0.717, 1.165) is 207 Å². The topological polar surface area (TPSA) is 126 Å². The van der Waals surface area contributed by atoms with Crippen LogP contribution in [0.15, 0.2) is 0 Å². The first-order valence-electron chi connectivity index (χ1n) is 34.1. The molecule has 13 nitrogen and oxygen atoms in total. The predicted octanol–water partition coefficient (Wildman–Crippen LogP) is 17.0. The number of nitrogens with zero attached hydrogens (tertiary/aromatic N) is 3. The van der Waals surface area contributed by atoms with Crippen LogP contribution in [0.1, 0.15) is 291 Å². The largest absolute Gasteiger partial charge is 0.474 e. The van der Waals surface area contributed by atoms with Gasteiger partial charge in [-0.25, -0.2) is 4.57 Å². The quantitative estimate of drug-likeness (QED) is 0.0326. The number of hydrogen-bond donors (Lipinski definition) is 0. The average molecular weight is 1140 g/mol. The monoisotopic (exact) mass is 1140 g/mol. The van der Waals surface area contributed by atoms with Crippen molar-refractivity contribution in [2.45, 2.75) is 303 Å². The van der Waals surface area contributed by atoms with Crippen LogP contribution in [0.3, 0.4) is 0 Å². The van der Waals surface area contributed by atoms with Crippen molar-refractivity contribution in [1.29, 1.82) is 0 Å². The molecule has 0 spiro atoms. The highest BCUT2D eigenvalue weighted by atomic mass is 31.2. The highest BCUT2D eigenvalue weighted by molar-refractivity contribution is 7.48. The number of hydrogen-bond acceptors (Lipinski definition) is 13. The molecule has 2 aliphatic heterocycles. The number of ether oxygens (including phenoxy) is 4. The molecule has 2 aliphatic rings. The van der Waals surface area contributed by atoms with E-state index in [-0.39, 0.29) is 24.1 Å². The Balaban J connectivity index is 1.84. The summed E-state index contributed by atoms with van der Waals surface area (Å²) in [5.41, 5.74) is 0. The number of phosphoric ester groups is 1. The van der Waals surface area contributed by atoms with Crippen LogP contribution in [0, 0.1) is 0 Å². The predicted molar refractivity (Wildman–Crippen MR) is 328 cm³/mol. The van der Waals surface area contributed by atoms with E-state index in [9.17, 15) is 14.2 Å². The van der Waals surface area contributed by atoms with Gasteiger partial charge in [0.05, 0.1) is 46.2 Å². The van der Waals surface area contributed by atoms with Crippen LogP contribution < -0.4 is 0 Å². The van der Waals surface area contributed by atoms with Crippen molar-refractivity contribution >= 4 is 19.8 Å². The maximum Gasteiger partial charge on any atom is 0.474 e. The maximum atomic E-state index is 14.2. The van der Waals surface area contributed by atoms with Crippen molar-refractivity contribution in [3.63, 3.8) is 0 Å². The van der Waals surface area contributed by atoms with E-state index in [1.165, 1.54) is 128 Å². The zero-order valence-corrected chi connectivity index (χ0v) is 53.2. The Labute approximate surface area is 487 Å². The van der Waals surface area contributed by atoms with Gasteiger partial charge in [-0.15, -0.1) is 0 Å². The number of carbonyl (C=O) groups excluding carboxylic acids is 2. The molecule has 0 amide bonds. The van der Waals surface area contributed by atoms with Crippen molar-refractivity contribution < 1.29 is 46.7 Å². The number of carbonyl (C=O) groups is 2. The fourth-order valence-corrected chi connectivity index (χ4v) is 12.2. The molecule has 0 aliphatic carbocycles. The van der Waals surface area contributed by atoms with Gasteiger partial charge in [-0.05, 0) is 83.5 Å². The minimum Gasteiger partial charge on any atom is -0.462 e. The van der Waals surface area contributed by atoms with E-state index in [1.54, 1.807) is 0 Å². The van der Waals surface area contributed by atoms with E-state index in [0.29, 0.717) is 32.7 Å². The summed E-state index contributed by atoms with van der Waals surface area (Å²) in [5, 5.41) is 0. The summed E-state index contributed by atoms with van der Waals surface area (Å²) in [6.45, 7) is 21.8. The fraction of sp³-hybridized carbons (Fsp3) is 0.969. The van der Waals surface area contributed by atoms with Gasteiger partial charge in [-0.3, -0.25) is 33.0 Å². The standard InChI is InChI=1S/C65H128N3O10P/c1-5-9-13-17-23-31-40-62(41-32-24-18-14-10-6-2)77-64(69)44-35-27-21-29-37-55-74-79(71,76-57-39-46-66(47-49-67-51-58-72-59-52-67)48-50-68-53-60-73-61-54-68)75-56-38-30-22-28-36-45-65(70)78-63(42-33-25-19-15-11-7-3)43-34-26-20-16-12-8-4/h62-63H,5-61H2,1-4H3. The highest BCUT2D eigenvalue weighted by Crippen LogP contribution is 2.50. The van der Waals surface area contributed by atoms with Crippen molar-refractivity contribution in [3.8, 4) is 0 Å². The van der Waals surface area contributed by atoms with E-state index < -0.39 is 7.82 Å². The Bertz CT molecular complexity index is 1260. The Hall–Kier alpha value is -1.15. The van der Waals surface area contributed by atoms with Crippen molar-refractivity contribution in [1.82, 2.24) is 14.7 Å². The Morgan fingerprint density at radius 2 is 0.684 bits per heavy atom. The molecule has 0 bridgehead atoms. The van der Waals surface area contributed by atoms with Crippen LogP contribution in [-0.2, 0) is 46.7 Å². The van der Waals surface area contributed by atoms with Gasteiger partial charge in [-0.2, -0.15) is 0 Å². The summed E-state index contributed by atoms with van der Waals surface area (Å²) in [5.74, 6) is -0.0853. The van der Waals surface area contributed by atoms with E-state index >= 15 is 0 Å². The molecule has 2 rings (SSSR count). The van der Waals surface area contributed by atoms with Gasteiger partial charge in [0, 0.05) is 71.7 Å². The van der Waals surface area contributed by atoms with Gasteiger partial charge < -0.3 is 23.8 Å². The molecule has 0 unspecified atom stereocenters. The Morgan fingerprint density at radius 3 is 1.03 bits per heavy atom. The van der Waals surface area contributed by atoms with Gasteiger partial charge >= 0.3 is 19.8 Å². The van der Waals surface area contributed by atoms with Crippen LogP contribution in [-0.4, -0.2) is 144 Å². The van der Waals surface area contributed by atoms with E-state index in [1.807, 2.05) is 0 Å². The Kier molecular flexibility index (Phi) is 51.3. The first-order valence-corrected chi connectivity index (χ1v) is 35.5. The second kappa shape index (κ2) is 54.8. The van der Waals surface area contributed by atoms with E-state index in [4.69, 9.17) is 32.5 Å². The smallest absolute Gasteiger partial charge is 0.462 e. The second-order valence-electron chi connectivity index (χ2n) is 23.5. The van der Waals surface area contributed by atoms with Gasteiger partial charge in [-0.1, -0.05) is 195 Å². The number of phosphoric acid groups is 1. The molecular weight excluding hydrogens is 1010 g/mol. The van der Waals surface area contributed by atoms with Gasteiger partial charge in [0.25, 0.3) is 0 Å². The second-order valence-corrected chi connectivity index (χ2v) is 25.2. The van der Waals surface area contributed by atoms with Crippen molar-refractivity contribution in [2.24, 2.45) is 0 Å². The number of rotatable bonds is 59. The summed E-state index contributed by atoms with van der Waals surface area (Å²) in [4.78, 5) is 33.5. The molecule has 0 N–H and O–H groups in total. The van der Waals surface area contributed by atoms with E-state index in [2.05, 4.69) is 42.4 Å². The van der Waals surface area contributed by atoms with Crippen molar-refractivity contribution in [3.05, 3.63) is 0 Å². The molecule has 0 atom stereocenters. The molecule has 0 aromatic rings. The molecule has 468 valence electrons. The summed E-state index contributed by atoms with van der Waals surface area (Å²) >= 11 is 0. The summed E-state index contributed by atoms with van der Waals surface area (Å²) in [6.07, 6.45) is 44.7. The average Bonchev–Trinajstić information content (AvgIpc) is 3.46. The summed E-state index contributed by atoms with van der Waals surface area (Å²) in [7, 11) is -3.78. The molecular formula is C65H128N3O10P. The molecule has 2 heterocycles. The zero-order valence-electron chi connectivity index (χ0n) is 52.3. The summed E-state index contributed by atoms with van der Waals surface area (Å²) in [6, 6.07) is 0. The minimum atomic E-state index is -3.78. The summed E-state index contributed by atoms with van der Waals surface area (Å²) < 4.78 is 55.7. The van der Waals surface area contributed by atoms with Crippen LogP contribution in [0.2, 0.25) is 0 Å². The third-order valence-corrected chi connectivity index (χ3v) is 17.7. The molecule has 0 radical (unpaired) electrons. The lowest BCUT2D eigenvalue weighted by atomic mass is 10.0. The molecule has 2 saturated heterocycles. The molecule has 14 heteroatoms. The third-order valence-electron chi connectivity index (χ3n) is 16.2. The molecule has 0 aromatic carbocycles. The zero-order chi connectivity index (χ0) is 56.8. The molecule has 0 aromatic heterocycles. The normalized spacial score (nSPS) is 14.8. The van der Waals surface area contributed by atoms with Gasteiger partial charge in [0.15, 0.2) is 0 Å². The van der Waals surface area contributed by atoms with Crippen LogP contribution >= 0.6 is 7.82 Å². The lowest BCUT2D eigenvalue weighted by Gasteiger charge is -2.32. The lowest BCUT2D eigenvalue weighted by molar-refractivity contribution is -0.151. The SMILES string of the molecule is CCCCCCCCC(CCCCCCCC)OC(=O)CCCCCCCOP(=O)(OCCCCCCCC(=O)OC(CCCCCCCC)CCCCCCCC)OCCCN(CCN1CCOCC1)CCN1CCOCC1. The molecule has 2 fully saturated rings. The first kappa shape index (κ1) is 74.0. The maximum absolute atomic E-state index is 14.2. The number of morpholine rings is 2. The first-order chi connectivity index (χ1) is 38.8. The third kappa shape index (κ3) is 45.9. The van der Waals surface area contributed by atoms with Crippen molar-refractivity contribution in [2.75, 3.05) is 105 Å². The molecule has 79 heavy (non-hydrogen) atoms. The number of esters is 2.